The Labute approximate surface area is 127 Å². The SMILES string of the molecule is CCCCCCCC[C@H](C)C[C@@H](C)C(=O)N(CC)CC. The van der Waals surface area contributed by atoms with E-state index in [0.29, 0.717) is 11.8 Å². The van der Waals surface area contributed by atoms with Crippen LogP contribution >= 0.6 is 0 Å². The van der Waals surface area contributed by atoms with E-state index in [1.54, 1.807) is 0 Å². The Morgan fingerprint density at radius 2 is 1.45 bits per heavy atom. The smallest absolute Gasteiger partial charge is 0.225 e. The van der Waals surface area contributed by atoms with Crippen molar-refractivity contribution in [2.45, 2.75) is 86.0 Å². The second-order valence-corrected chi connectivity index (χ2v) is 6.31. The second-order valence-electron chi connectivity index (χ2n) is 6.31. The second kappa shape index (κ2) is 12.2. The first kappa shape index (κ1) is 19.5. The van der Waals surface area contributed by atoms with E-state index in [1.165, 1.54) is 44.9 Å². The maximum atomic E-state index is 12.2. The van der Waals surface area contributed by atoms with E-state index >= 15 is 0 Å². The van der Waals surface area contributed by atoms with Crippen molar-refractivity contribution in [1.29, 1.82) is 0 Å². The highest BCUT2D eigenvalue weighted by Gasteiger charge is 2.20. The average molecular weight is 284 g/mol. The maximum absolute atomic E-state index is 12.2. The molecule has 0 unspecified atom stereocenters. The van der Waals surface area contributed by atoms with Crippen LogP contribution in [0.1, 0.15) is 86.0 Å². The average Bonchev–Trinajstić information content (AvgIpc) is 2.43. The minimum absolute atomic E-state index is 0.185. The zero-order chi connectivity index (χ0) is 15.4. The molecule has 2 nitrogen and oxygen atoms in total. The van der Waals surface area contributed by atoms with Gasteiger partial charge in [0, 0.05) is 19.0 Å². The summed E-state index contributed by atoms with van der Waals surface area (Å²) in [5, 5.41) is 0. The van der Waals surface area contributed by atoms with Gasteiger partial charge >= 0.3 is 0 Å². The Bertz CT molecular complexity index is 236. The van der Waals surface area contributed by atoms with E-state index in [0.717, 1.165) is 19.5 Å². The van der Waals surface area contributed by atoms with E-state index in [1.807, 2.05) is 4.90 Å². The third-order valence-corrected chi connectivity index (χ3v) is 4.30. The highest BCUT2D eigenvalue weighted by atomic mass is 16.2. The van der Waals surface area contributed by atoms with Crippen molar-refractivity contribution in [1.82, 2.24) is 4.90 Å². The van der Waals surface area contributed by atoms with Gasteiger partial charge in [0.15, 0.2) is 0 Å². The Morgan fingerprint density at radius 1 is 0.900 bits per heavy atom. The first-order valence-electron chi connectivity index (χ1n) is 8.85. The molecule has 1 amide bonds. The van der Waals surface area contributed by atoms with Crippen LogP contribution in [0.3, 0.4) is 0 Å². The van der Waals surface area contributed by atoms with Gasteiger partial charge in [0.1, 0.15) is 0 Å². The molecular weight excluding hydrogens is 246 g/mol. The van der Waals surface area contributed by atoms with Crippen molar-refractivity contribution < 1.29 is 4.79 Å². The molecule has 0 heterocycles. The molecule has 0 saturated heterocycles. The zero-order valence-electron chi connectivity index (χ0n) is 14.6. The van der Waals surface area contributed by atoms with Crippen LogP contribution in [-0.4, -0.2) is 23.9 Å². The number of carbonyl (C=O) groups is 1. The molecule has 0 fully saturated rings. The molecule has 0 spiro atoms. The number of hydrogen-bond acceptors (Lipinski definition) is 1. The van der Waals surface area contributed by atoms with Crippen molar-refractivity contribution >= 4 is 5.91 Å². The summed E-state index contributed by atoms with van der Waals surface area (Å²) >= 11 is 0. The Hall–Kier alpha value is -0.530. The van der Waals surface area contributed by atoms with Gasteiger partial charge in [0.2, 0.25) is 5.91 Å². The fraction of sp³-hybridized carbons (Fsp3) is 0.944. The van der Waals surface area contributed by atoms with Crippen molar-refractivity contribution in [3.05, 3.63) is 0 Å². The van der Waals surface area contributed by atoms with Gasteiger partial charge in [0.05, 0.1) is 0 Å². The van der Waals surface area contributed by atoms with Crippen molar-refractivity contribution in [3.63, 3.8) is 0 Å². The summed E-state index contributed by atoms with van der Waals surface area (Å²) in [6, 6.07) is 0. The summed E-state index contributed by atoms with van der Waals surface area (Å²) < 4.78 is 0. The molecule has 20 heavy (non-hydrogen) atoms. The molecule has 0 bridgehead atoms. The van der Waals surface area contributed by atoms with Crippen LogP contribution in [0.5, 0.6) is 0 Å². The van der Waals surface area contributed by atoms with Gasteiger partial charge in [-0.1, -0.05) is 65.7 Å². The van der Waals surface area contributed by atoms with Crippen LogP contribution in [0.15, 0.2) is 0 Å². The van der Waals surface area contributed by atoms with E-state index in [2.05, 4.69) is 34.6 Å². The predicted octanol–water partition coefficient (Wildman–Crippen LogP) is 5.27. The number of carbonyl (C=O) groups excluding carboxylic acids is 1. The van der Waals surface area contributed by atoms with Gasteiger partial charge in [-0.05, 0) is 26.2 Å². The lowest BCUT2D eigenvalue weighted by molar-refractivity contribution is -0.135. The molecule has 0 aliphatic heterocycles. The monoisotopic (exact) mass is 283 g/mol. The lowest BCUT2D eigenvalue weighted by atomic mass is 9.91. The summed E-state index contributed by atoms with van der Waals surface area (Å²) in [7, 11) is 0. The van der Waals surface area contributed by atoms with Crippen LogP contribution in [0, 0.1) is 11.8 Å². The largest absolute Gasteiger partial charge is 0.343 e. The standard InChI is InChI=1S/C18H37NO/c1-6-9-10-11-12-13-14-16(4)15-17(5)18(20)19(7-2)8-3/h16-17H,6-15H2,1-5H3/t16-,17+/m0/s1. The summed E-state index contributed by atoms with van der Waals surface area (Å²) in [5.74, 6) is 1.20. The van der Waals surface area contributed by atoms with Crippen LogP contribution in [-0.2, 0) is 4.79 Å². The Kier molecular flexibility index (Phi) is 11.9. The molecular formula is C18H37NO. The molecule has 0 rings (SSSR count). The summed E-state index contributed by atoms with van der Waals surface area (Å²) in [5.41, 5.74) is 0. The fourth-order valence-corrected chi connectivity index (χ4v) is 2.94. The van der Waals surface area contributed by atoms with Gasteiger partial charge in [0.25, 0.3) is 0 Å². The Balaban J connectivity index is 3.78. The van der Waals surface area contributed by atoms with E-state index < -0.39 is 0 Å². The molecule has 0 aliphatic rings. The van der Waals surface area contributed by atoms with Gasteiger partial charge in [-0.15, -0.1) is 0 Å². The van der Waals surface area contributed by atoms with Crippen LogP contribution < -0.4 is 0 Å². The lowest BCUT2D eigenvalue weighted by Gasteiger charge is -2.24. The molecule has 2 atom stereocenters. The third kappa shape index (κ3) is 8.60. The van der Waals surface area contributed by atoms with Gasteiger partial charge in [-0.3, -0.25) is 4.79 Å². The minimum Gasteiger partial charge on any atom is -0.343 e. The molecule has 0 saturated carbocycles. The van der Waals surface area contributed by atoms with E-state index in [9.17, 15) is 4.79 Å². The topological polar surface area (TPSA) is 20.3 Å². The minimum atomic E-state index is 0.185. The number of amides is 1. The quantitative estimate of drug-likeness (QED) is 0.447. The predicted molar refractivity (Wildman–Crippen MR) is 88.9 cm³/mol. The van der Waals surface area contributed by atoms with Gasteiger partial charge in [-0.25, -0.2) is 0 Å². The van der Waals surface area contributed by atoms with Crippen LogP contribution in [0.4, 0.5) is 0 Å². The summed E-state index contributed by atoms with van der Waals surface area (Å²) in [6.07, 6.45) is 10.5. The van der Waals surface area contributed by atoms with E-state index in [-0.39, 0.29) is 5.92 Å². The number of unbranched alkanes of at least 4 members (excludes halogenated alkanes) is 5. The van der Waals surface area contributed by atoms with Gasteiger partial charge < -0.3 is 4.90 Å². The van der Waals surface area contributed by atoms with Crippen LogP contribution in [0.25, 0.3) is 0 Å². The van der Waals surface area contributed by atoms with Crippen molar-refractivity contribution in [2.75, 3.05) is 13.1 Å². The number of nitrogens with zero attached hydrogens (tertiary/aromatic N) is 1. The van der Waals surface area contributed by atoms with Gasteiger partial charge in [-0.2, -0.15) is 0 Å². The molecule has 0 radical (unpaired) electrons. The Morgan fingerprint density at radius 3 is 2.00 bits per heavy atom. The highest BCUT2D eigenvalue weighted by molar-refractivity contribution is 5.78. The molecule has 120 valence electrons. The van der Waals surface area contributed by atoms with Crippen molar-refractivity contribution in [3.8, 4) is 0 Å². The first-order valence-corrected chi connectivity index (χ1v) is 8.85. The lowest BCUT2D eigenvalue weighted by Crippen LogP contribution is -2.35. The highest BCUT2D eigenvalue weighted by Crippen LogP contribution is 2.20. The summed E-state index contributed by atoms with van der Waals surface area (Å²) in [4.78, 5) is 14.2. The van der Waals surface area contributed by atoms with Crippen LogP contribution in [0.2, 0.25) is 0 Å². The maximum Gasteiger partial charge on any atom is 0.225 e. The molecule has 0 aliphatic carbocycles. The third-order valence-electron chi connectivity index (χ3n) is 4.30. The molecule has 0 aromatic carbocycles. The molecule has 0 aromatic heterocycles. The normalized spacial score (nSPS) is 14.1. The summed E-state index contributed by atoms with van der Waals surface area (Å²) in [6.45, 7) is 12.5. The molecule has 2 heteroatoms. The molecule has 0 N–H and O–H groups in total. The number of hydrogen-bond donors (Lipinski definition) is 0. The fourth-order valence-electron chi connectivity index (χ4n) is 2.94. The number of rotatable bonds is 12. The van der Waals surface area contributed by atoms with E-state index in [4.69, 9.17) is 0 Å². The first-order chi connectivity index (χ1) is 9.56. The molecule has 0 aromatic rings. The van der Waals surface area contributed by atoms with Crippen molar-refractivity contribution in [2.24, 2.45) is 11.8 Å². The zero-order valence-corrected chi connectivity index (χ0v) is 14.6.